The Kier molecular flexibility index (Phi) is 8.30. The number of nitrogens with zero attached hydrogens (tertiary/aromatic N) is 2. The van der Waals surface area contributed by atoms with Crippen LogP contribution in [-0.2, 0) is 9.53 Å². The van der Waals surface area contributed by atoms with Gasteiger partial charge in [-0.3, -0.25) is 9.59 Å². The lowest BCUT2D eigenvalue weighted by Crippen LogP contribution is -2.35. The molecular weight excluding hydrogens is 398 g/mol. The molecule has 3 N–H and O–H groups in total. The molecule has 0 aliphatic rings. The third kappa shape index (κ3) is 8.19. The maximum atomic E-state index is 12.3. The summed E-state index contributed by atoms with van der Waals surface area (Å²) in [6.07, 6.45) is 0.193. The first-order valence-electron chi connectivity index (χ1n) is 10.3. The van der Waals surface area contributed by atoms with Gasteiger partial charge in [-0.2, -0.15) is 0 Å². The van der Waals surface area contributed by atoms with Crippen molar-refractivity contribution in [2.45, 2.75) is 53.1 Å². The zero-order valence-electron chi connectivity index (χ0n) is 18.8. The summed E-state index contributed by atoms with van der Waals surface area (Å²) in [5.74, 6) is -0.379. The quantitative estimate of drug-likeness (QED) is 0.554. The average Bonchev–Trinajstić information content (AvgIpc) is 2.66. The predicted molar refractivity (Wildman–Crippen MR) is 118 cm³/mol. The molecule has 31 heavy (non-hydrogen) atoms. The highest BCUT2D eigenvalue weighted by atomic mass is 16.6. The van der Waals surface area contributed by atoms with Crippen molar-refractivity contribution < 1.29 is 19.1 Å². The van der Waals surface area contributed by atoms with Crippen LogP contribution in [0, 0.1) is 13.8 Å². The molecule has 0 aliphatic heterocycles. The molecule has 0 fully saturated rings. The number of nitrogens with one attached hydrogen (secondary N) is 3. The summed E-state index contributed by atoms with van der Waals surface area (Å²) in [7, 11) is 0. The van der Waals surface area contributed by atoms with Crippen molar-refractivity contribution in [3.05, 3.63) is 35.2 Å². The topological polar surface area (TPSA) is 122 Å². The van der Waals surface area contributed by atoms with Crippen molar-refractivity contribution in [1.82, 2.24) is 25.9 Å². The number of rotatable bonds is 8. The number of carbonyl (C=O) groups excluding carboxylic acids is 3. The van der Waals surface area contributed by atoms with Gasteiger partial charge in [0.15, 0.2) is 0 Å². The predicted octanol–water partition coefficient (Wildman–Crippen LogP) is 2.40. The lowest BCUT2D eigenvalue weighted by atomic mass is 10.1. The fraction of sp³-hybridized carbons (Fsp3) is 0.500. The summed E-state index contributed by atoms with van der Waals surface area (Å²) >= 11 is 0. The standard InChI is InChI=1S/C22H31N5O4/c1-14-15(2)27-18-13-16(7-8-17(18)26-14)20(29)24-11-6-10-23-19(28)9-12-25-21(30)31-22(3,4)5/h7-8,13H,6,9-12H2,1-5H3,(H,23,28)(H,24,29)(H,25,30). The fourth-order valence-corrected chi connectivity index (χ4v) is 2.67. The highest BCUT2D eigenvalue weighted by molar-refractivity contribution is 5.97. The van der Waals surface area contributed by atoms with Crippen LogP contribution in [0.2, 0.25) is 0 Å². The van der Waals surface area contributed by atoms with Crippen LogP contribution in [0.25, 0.3) is 11.0 Å². The van der Waals surface area contributed by atoms with Gasteiger partial charge in [-0.1, -0.05) is 0 Å². The maximum Gasteiger partial charge on any atom is 0.407 e. The van der Waals surface area contributed by atoms with E-state index in [0.717, 1.165) is 16.9 Å². The second-order valence-corrected chi connectivity index (χ2v) is 8.24. The largest absolute Gasteiger partial charge is 0.444 e. The van der Waals surface area contributed by atoms with E-state index in [1.807, 2.05) is 13.8 Å². The molecule has 9 nitrogen and oxygen atoms in total. The Morgan fingerprint density at radius 1 is 0.903 bits per heavy atom. The van der Waals surface area contributed by atoms with Crippen LogP contribution in [0.15, 0.2) is 18.2 Å². The van der Waals surface area contributed by atoms with E-state index >= 15 is 0 Å². The van der Waals surface area contributed by atoms with E-state index in [1.165, 1.54) is 0 Å². The van der Waals surface area contributed by atoms with E-state index in [-0.39, 0.29) is 24.8 Å². The molecule has 1 aromatic carbocycles. The van der Waals surface area contributed by atoms with Crippen LogP contribution in [0.4, 0.5) is 4.79 Å². The number of hydrogen-bond donors (Lipinski definition) is 3. The Bertz CT molecular complexity index is 953. The van der Waals surface area contributed by atoms with Crippen molar-refractivity contribution in [2.24, 2.45) is 0 Å². The van der Waals surface area contributed by atoms with Crippen molar-refractivity contribution in [1.29, 1.82) is 0 Å². The van der Waals surface area contributed by atoms with E-state index in [4.69, 9.17) is 4.74 Å². The Balaban J connectivity index is 1.65. The van der Waals surface area contributed by atoms with E-state index in [2.05, 4.69) is 25.9 Å². The van der Waals surface area contributed by atoms with Crippen molar-refractivity contribution >= 4 is 28.9 Å². The van der Waals surface area contributed by atoms with Crippen LogP contribution < -0.4 is 16.0 Å². The fourth-order valence-electron chi connectivity index (χ4n) is 2.67. The van der Waals surface area contributed by atoms with E-state index in [1.54, 1.807) is 39.0 Å². The van der Waals surface area contributed by atoms with Crippen molar-refractivity contribution in [3.63, 3.8) is 0 Å². The van der Waals surface area contributed by atoms with Gasteiger partial charge in [-0.15, -0.1) is 0 Å². The first kappa shape index (κ1) is 24.0. The number of carbonyl (C=O) groups is 3. The molecule has 0 radical (unpaired) electrons. The van der Waals surface area contributed by atoms with E-state index in [0.29, 0.717) is 30.6 Å². The Morgan fingerprint density at radius 2 is 1.55 bits per heavy atom. The van der Waals surface area contributed by atoms with Gasteiger partial charge in [0.05, 0.1) is 22.4 Å². The van der Waals surface area contributed by atoms with E-state index < -0.39 is 11.7 Å². The molecular formula is C22H31N5O4. The lowest BCUT2D eigenvalue weighted by Gasteiger charge is -2.19. The summed E-state index contributed by atoms with van der Waals surface area (Å²) in [6.45, 7) is 10.1. The van der Waals surface area contributed by atoms with Crippen molar-refractivity contribution in [2.75, 3.05) is 19.6 Å². The van der Waals surface area contributed by atoms with Crippen molar-refractivity contribution in [3.8, 4) is 0 Å². The molecule has 0 saturated heterocycles. The van der Waals surface area contributed by atoms with Crippen LogP contribution in [-0.4, -0.2) is 53.1 Å². The lowest BCUT2D eigenvalue weighted by molar-refractivity contribution is -0.120. The Hall–Kier alpha value is -3.23. The molecule has 0 unspecified atom stereocenters. The number of alkyl carbamates (subject to hydrolysis) is 1. The van der Waals surface area contributed by atoms with Crippen LogP contribution in [0.1, 0.15) is 55.4 Å². The smallest absolute Gasteiger partial charge is 0.407 e. The molecule has 0 bridgehead atoms. The maximum absolute atomic E-state index is 12.3. The number of hydrogen-bond acceptors (Lipinski definition) is 6. The van der Waals surface area contributed by atoms with Gasteiger partial charge >= 0.3 is 6.09 Å². The SMILES string of the molecule is Cc1nc2ccc(C(=O)NCCCNC(=O)CCNC(=O)OC(C)(C)C)cc2nc1C. The molecule has 3 amide bonds. The van der Waals surface area contributed by atoms with Gasteiger partial charge in [-0.25, -0.2) is 14.8 Å². The minimum atomic E-state index is -0.574. The monoisotopic (exact) mass is 429 g/mol. The number of aromatic nitrogens is 2. The van der Waals surface area contributed by atoms with E-state index in [9.17, 15) is 14.4 Å². The van der Waals surface area contributed by atoms with Gasteiger partial charge in [0.2, 0.25) is 5.91 Å². The second kappa shape index (κ2) is 10.7. The highest BCUT2D eigenvalue weighted by Gasteiger charge is 2.15. The van der Waals surface area contributed by atoms with Gasteiger partial charge in [0, 0.05) is 31.6 Å². The van der Waals surface area contributed by atoms with Crippen LogP contribution in [0.3, 0.4) is 0 Å². The minimum Gasteiger partial charge on any atom is -0.444 e. The molecule has 0 aliphatic carbocycles. The molecule has 168 valence electrons. The number of amides is 3. The van der Waals surface area contributed by atoms with Crippen LogP contribution in [0.5, 0.6) is 0 Å². The molecule has 2 rings (SSSR count). The Morgan fingerprint density at radius 3 is 2.23 bits per heavy atom. The molecule has 0 atom stereocenters. The van der Waals surface area contributed by atoms with Gasteiger partial charge in [0.25, 0.3) is 5.91 Å². The normalized spacial score (nSPS) is 11.1. The third-order valence-electron chi connectivity index (χ3n) is 4.32. The number of fused-ring (bicyclic) bond motifs is 1. The average molecular weight is 430 g/mol. The third-order valence-corrected chi connectivity index (χ3v) is 4.32. The zero-order valence-corrected chi connectivity index (χ0v) is 18.8. The minimum absolute atomic E-state index is 0.155. The first-order chi connectivity index (χ1) is 14.5. The molecule has 1 heterocycles. The summed E-state index contributed by atoms with van der Waals surface area (Å²) in [5, 5.41) is 8.12. The zero-order chi connectivity index (χ0) is 23.0. The molecule has 1 aromatic heterocycles. The molecule has 9 heteroatoms. The first-order valence-corrected chi connectivity index (χ1v) is 10.3. The number of aryl methyl sites for hydroxylation is 2. The van der Waals surface area contributed by atoms with Gasteiger partial charge in [0.1, 0.15) is 5.60 Å². The molecule has 2 aromatic rings. The number of ether oxygens (including phenoxy) is 1. The summed E-state index contributed by atoms with van der Waals surface area (Å²) in [6, 6.07) is 5.24. The van der Waals surface area contributed by atoms with Gasteiger partial charge in [-0.05, 0) is 59.2 Å². The Labute approximate surface area is 182 Å². The number of benzene rings is 1. The summed E-state index contributed by atoms with van der Waals surface area (Å²) in [5.41, 5.74) is 3.08. The summed E-state index contributed by atoms with van der Waals surface area (Å²) in [4.78, 5) is 44.6. The van der Waals surface area contributed by atoms with Crippen LogP contribution >= 0.6 is 0 Å². The van der Waals surface area contributed by atoms with Gasteiger partial charge < -0.3 is 20.7 Å². The summed E-state index contributed by atoms with van der Waals surface area (Å²) < 4.78 is 5.10. The molecule has 0 spiro atoms. The second-order valence-electron chi connectivity index (χ2n) is 8.24. The highest BCUT2D eigenvalue weighted by Crippen LogP contribution is 2.14. The molecule has 0 saturated carbocycles.